The van der Waals surface area contributed by atoms with Crippen molar-refractivity contribution < 1.29 is 9.13 Å². The van der Waals surface area contributed by atoms with Crippen LogP contribution in [0.2, 0.25) is 0 Å². The van der Waals surface area contributed by atoms with Gasteiger partial charge in [-0.1, -0.05) is 6.07 Å². The maximum absolute atomic E-state index is 13.1. The fraction of sp³-hybridized carbons (Fsp3) is 0.700. The van der Waals surface area contributed by atoms with E-state index in [2.05, 4.69) is 28.5 Å². The van der Waals surface area contributed by atoms with Crippen LogP contribution < -0.4 is 4.74 Å². The Hall–Kier alpha value is -1.17. The molecule has 140 valence electrons. The van der Waals surface area contributed by atoms with Gasteiger partial charge in [0.2, 0.25) is 0 Å². The molecule has 0 radical (unpaired) electrons. The molecular formula is C20H32FN3O. The summed E-state index contributed by atoms with van der Waals surface area (Å²) in [6.07, 6.45) is 2.69. The van der Waals surface area contributed by atoms with Crippen molar-refractivity contribution in [1.82, 2.24) is 14.7 Å². The first-order valence-corrected chi connectivity index (χ1v) is 9.70. The van der Waals surface area contributed by atoms with E-state index in [4.69, 9.17) is 4.74 Å². The van der Waals surface area contributed by atoms with Crippen LogP contribution in [0.25, 0.3) is 0 Å². The number of likely N-dealkylation sites (tertiary alicyclic amines) is 1. The molecule has 0 bridgehead atoms. The first-order valence-electron chi connectivity index (χ1n) is 9.70. The second-order valence-corrected chi connectivity index (χ2v) is 7.50. The van der Waals surface area contributed by atoms with Gasteiger partial charge >= 0.3 is 0 Å². The molecule has 2 aliphatic heterocycles. The average molecular weight is 349 g/mol. The molecule has 0 aromatic heterocycles. The van der Waals surface area contributed by atoms with E-state index in [0.717, 1.165) is 44.8 Å². The average Bonchev–Trinajstić information content (AvgIpc) is 2.92. The van der Waals surface area contributed by atoms with Crippen molar-refractivity contribution in [2.24, 2.45) is 0 Å². The molecule has 2 atom stereocenters. The van der Waals surface area contributed by atoms with E-state index in [0.29, 0.717) is 12.4 Å². The lowest BCUT2D eigenvalue weighted by Gasteiger charge is -2.36. The third kappa shape index (κ3) is 5.40. The maximum atomic E-state index is 13.1. The van der Waals surface area contributed by atoms with Crippen molar-refractivity contribution in [1.29, 1.82) is 0 Å². The SMILES string of the molecule is C[C@H]1CC[C@H](C)N1CCN1CCN(CCOc2cccc(F)c2)CC1. The van der Waals surface area contributed by atoms with Crippen molar-refractivity contribution in [3.8, 4) is 5.75 Å². The highest BCUT2D eigenvalue weighted by Gasteiger charge is 2.27. The number of hydrogen-bond acceptors (Lipinski definition) is 4. The standard InChI is InChI=1S/C20H32FN3O/c1-17-6-7-18(2)24(17)13-12-22-8-10-23(11-9-22)14-15-25-20-5-3-4-19(21)16-20/h3-5,16-18H,6-15H2,1-2H3/t17-,18-/m0/s1. The number of ether oxygens (including phenoxy) is 1. The fourth-order valence-electron chi connectivity index (χ4n) is 4.03. The number of halogens is 1. The van der Waals surface area contributed by atoms with Gasteiger partial charge in [0.25, 0.3) is 0 Å². The number of nitrogens with zero attached hydrogens (tertiary/aromatic N) is 3. The summed E-state index contributed by atoms with van der Waals surface area (Å²) in [5.74, 6) is 0.375. The first kappa shape index (κ1) is 18.6. The highest BCUT2D eigenvalue weighted by molar-refractivity contribution is 5.22. The summed E-state index contributed by atoms with van der Waals surface area (Å²) < 4.78 is 18.8. The quantitative estimate of drug-likeness (QED) is 0.753. The van der Waals surface area contributed by atoms with E-state index in [-0.39, 0.29) is 5.82 Å². The molecule has 0 aliphatic carbocycles. The lowest BCUT2D eigenvalue weighted by molar-refractivity contribution is 0.0997. The molecule has 2 saturated heterocycles. The van der Waals surface area contributed by atoms with E-state index in [1.165, 1.54) is 38.1 Å². The first-order chi connectivity index (χ1) is 12.1. The Morgan fingerprint density at radius 3 is 2.24 bits per heavy atom. The van der Waals surface area contributed by atoms with Crippen LogP contribution in [0.1, 0.15) is 26.7 Å². The van der Waals surface area contributed by atoms with Crippen molar-refractivity contribution in [2.75, 3.05) is 52.4 Å². The van der Waals surface area contributed by atoms with Gasteiger partial charge in [-0.25, -0.2) is 4.39 Å². The minimum Gasteiger partial charge on any atom is -0.492 e. The minimum atomic E-state index is -0.243. The predicted octanol–water partition coefficient (Wildman–Crippen LogP) is 2.69. The van der Waals surface area contributed by atoms with Gasteiger partial charge in [-0.15, -0.1) is 0 Å². The molecule has 5 heteroatoms. The number of hydrogen-bond donors (Lipinski definition) is 0. The summed E-state index contributed by atoms with van der Waals surface area (Å²) in [7, 11) is 0. The summed E-state index contributed by atoms with van der Waals surface area (Å²) in [5.41, 5.74) is 0. The second-order valence-electron chi connectivity index (χ2n) is 7.50. The third-order valence-electron chi connectivity index (χ3n) is 5.75. The lowest BCUT2D eigenvalue weighted by atomic mass is 10.2. The lowest BCUT2D eigenvalue weighted by Crippen LogP contribution is -2.50. The molecule has 0 amide bonds. The highest BCUT2D eigenvalue weighted by atomic mass is 19.1. The van der Waals surface area contributed by atoms with Crippen LogP contribution in [0, 0.1) is 5.82 Å². The molecule has 0 saturated carbocycles. The number of rotatable bonds is 7. The molecule has 1 aromatic carbocycles. The van der Waals surface area contributed by atoms with E-state index in [9.17, 15) is 4.39 Å². The Morgan fingerprint density at radius 1 is 0.960 bits per heavy atom. The van der Waals surface area contributed by atoms with Crippen LogP contribution >= 0.6 is 0 Å². The van der Waals surface area contributed by atoms with Gasteiger partial charge in [0.05, 0.1) is 0 Å². The van der Waals surface area contributed by atoms with Gasteiger partial charge < -0.3 is 4.74 Å². The van der Waals surface area contributed by atoms with E-state index < -0.39 is 0 Å². The minimum absolute atomic E-state index is 0.243. The van der Waals surface area contributed by atoms with E-state index >= 15 is 0 Å². The summed E-state index contributed by atoms with van der Waals surface area (Å²) in [6.45, 7) is 13.1. The van der Waals surface area contributed by atoms with Crippen molar-refractivity contribution in [3.63, 3.8) is 0 Å². The van der Waals surface area contributed by atoms with Crippen molar-refractivity contribution in [3.05, 3.63) is 30.1 Å². The molecule has 4 nitrogen and oxygen atoms in total. The highest BCUT2D eigenvalue weighted by Crippen LogP contribution is 2.22. The van der Waals surface area contributed by atoms with Gasteiger partial charge in [-0.2, -0.15) is 0 Å². The Morgan fingerprint density at radius 2 is 1.60 bits per heavy atom. The third-order valence-corrected chi connectivity index (χ3v) is 5.75. The summed E-state index contributed by atoms with van der Waals surface area (Å²) in [4.78, 5) is 7.69. The molecule has 2 heterocycles. The molecule has 2 fully saturated rings. The number of piperazine rings is 1. The molecule has 1 aromatic rings. The van der Waals surface area contributed by atoms with Crippen LogP contribution in [0.4, 0.5) is 4.39 Å². The van der Waals surface area contributed by atoms with Gasteiger partial charge in [-0.05, 0) is 38.8 Å². The zero-order valence-electron chi connectivity index (χ0n) is 15.7. The van der Waals surface area contributed by atoms with Crippen molar-refractivity contribution in [2.45, 2.75) is 38.8 Å². The largest absolute Gasteiger partial charge is 0.492 e. The summed E-state index contributed by atoms with van der Waals surface area (Å²) in [5, 5.41) is 0. The monoisotopic (exact) mass is 349 g/mol. The molecule has 3 rings (SSSR count). The van der Waals surface area contributed by atoms with Gasteiger partial charge in [0.15, 0.2) is 0 Å². The van der Waals surface area contributed by atoms with Crippen LogP contribution in [-0.4, -0.2) is 79.2 Å². The Balaban J connectivity index is 1.31. The van der Waals surface area contributed by atoms with E-state index in [1.807, 2.05) is 0 Å². The van der Waals surface area contributed by atoms with Gasteiger partial charge in [-0.3, -0.25) is 14.7 Å². The van der Waals surface area contributed by atoms with Crippen molar-refractivity contribution >= 4 is 0 Å². The molecular weight excluding hydrogens is 317 g/mol. The van der Waals surface area contributed by atoms with Gasteiger partial charge in [0.1, 0.15) is 18.2 Å². The molecule has 0 unspecified atom stereocenters. The smallest absolute Gasteiger partial charge is 0.126 e. The second kappa shape index (κ2) is 8.97. The molecule has 0 spiro atoms. The fourth-order valence-corrected chi connectivity index (χ4v) is 4.03. The maximum Gasteiger partial charge on any atom is 0.126 e. The molecule has 0 N–H and O–H groups in total. The predicted molar refractivity (Wildman–Crippen MR) is 99.6 cm³/mol. The Labute approximate surface area is 151 Å². The van der Waals surface area contributed by atoms with E-state index in [1.54, 1.807) is 12.1 Å². The van der Waals surface area contributed by atoms with Gasteiger partial charge in [0, 0.05) is 64.0 Å². The van der Waals surface area contributed by atoms with Crippen LogP contribution in [0.15, 0.2) is 24.3 Å². The summed E-state index contributed by atoms with van der Waals surface area (Å²) >= 11 is 0. The zero-order chi connectivity index (χ0) is 17.6. The summed E-state index contributed by atoms with van der Waals surface area (Å²) in [6, 6.07) is 7.87. The molecule has 25 heavy (non-hydrogen) atoms. The zero-order valence-corrected chi connectivity index (χ0v) is 15.7. The van der Waals surface area contributed by atoms with Crippen LogP contribution in [0.5, 0.6) is 5.75 Å². The van der Waals surface area contributed by atoms with Crippen LogP contribution in [0.3, 0.4) is 0 Å². The number of benzene rings is 1. The Bertz CT molecular complexity index is 523. The Kier molecular flexibility index (Phi) is 6.68. The van der Waals surface area contributed by atoms with Crippen LogP contribution in [-0.2, 0) is 0 Å². The topological polar surface area (TPSA) is 19.0 Å². The molecule has 2 aliphatic rings. The normalized spacial score (nSPS) is 26.2.